The van der Waals surface area contributed by atoms with Crippen LogP contribution in [0, 0.1) is 5.92 Å². The highest BCUT2D eigenvalue weighted by atomic mass is 32.1. The number of amides is 1. The van der Waals surface area contributed by atoms with Crippen LogP contribution in [-0.2, 0) is 19.3 Å². The number of carbonyl (C=O) groups excluding carboxylic acids is 1. The predicted octanol–water partition coefficient (Wildman–Crippen LogP) is 3.73. The number of likely N-dealkylation sites (tertiary alicyclic amines) is 1. The number of nitrogens with zero attached hydrogens (tertiary/aromatic N) is 3. The molecule has 0 atom stereocenters. The first-order valence-electron chi connectivity index (χ1n) is 10.6. The van der Waals surface area contributed by atoms with Crippen molar-refractivity contribution in [1.82, 2.24) is 14.3 Å². The summed E-state index contributed by atoms with van der Waals surface area (Å²) in [7, 11) is 0. The third-order valence-electron chi connectivity index (χ3n) is 6.30. The van der Waals surface area contributed by atoms with Gasteiger partial charge in [0.2, 0.25) is 0 Å². The van der Waals surface area contributed by atoms with E-state index in [1.165, 1.54) is 16.6 Å². The molecular weight excluding hydrogens is 382 g/mol. The molecule has 5 nitrogen and oxygen atoms in total. The molecule has 1 fully saturated rings. The Morgan fingerprint density at radius 2 is 1.86 bits per heavy atom. The third-order valence-corrected chi connectivity index (χ3v) is 7.46. The summed E-state index contributed by atoms with van der Waals surface area (Å²) in [5.41, 5.74) is 2.46. The van der Waals surface area contributed by atoms with E-state index in [0.717, 1.165) is 55.6 Å². The van der Waals surface area contributed by atoms with Gasteiger partial charge in [-0.15, -0.1) is 11.3 Å². The summed E-state index contributed by atoms with van der Waals surface area (Å²) in [6.45, 7) is 1.42. The van der Waals surface area contributed by atoms with Crippen molar-refractivity contribution < 1.29 is 4.79 Å². The molecule has 1 amide bonds. The van der Waals surface area contributed by atoms with Crippen LogP contribution in [0.1, 0.15) is 52.2 Å². The van der Waals surface area contributed by atoms with E-state index in [-0.39, 0.29) is 17.0 Å². The van der Waals surface area contributed by atoms with Crippen LogP contribution in [-0.4, -0.2) is 33.3 Å². The molecule has 1 aliphatic carbocycles. The first kappa shape index (κ1) is 18.6. The van der Waals surface area contributed by atoms with Crippen LogP contribution < -0.4 is 5.56 Å². The Hall–Kier alpha value is -2.47. The number of thiazole rings is 1. The Balaban J connectivity index is 1.33. The van der Waals surface area contributed by atoms with Crippen LogP contribution >= 0.6 is 11.3 Å². The Morgan fingerprint density at radius 3 is 2.66 bits per heavy atom. The van der Waals surface area contributed by atoms with Gasteiger partial charge in [-0.1, -0.05) is 30.3 Å². The fourth-order valence-corrected chi connectivity index (χ4v) is 5.84. The van der Waals surface area contributed by atoms with Gasteiger partial charge in [0.25, 0.3) is 11.5 Å². The van der Waals surface area contributed by atoms with Gasteiger partial charge in [-0.05, 0) is 56.4 Å². The van der Waals surface area contributed by atoms with Crippen molar-refractivity contribution in [3.8, 4) is 0 Å². The highest BCUT2D eigenvalue weighted by molar-refractivity contribution is 7.17. The van der Waals surface area contributed by atoms with E-state index in [2.05, 4.69) is 29.2 Å². The normalized spacial score (nSPS) is 17.4. The monoisotopic (exact) mass is 407 g/mol. The molecule has 0 bridgehead atoms. The van der Waals surface area contributed by atoms with E-state index in [4.69, 9.17) is 0 Å². The zero-order valence-corrected chi connectivity index (χ0v) is 17.3. The lowest BCUT2D eigenvalue weighted by Crippen LogP contribution is -2.41. The van der Waals surface area contributed by atoms with Crippen molar-refractivity contribution in [2.75, 3.05) is 13.1 Å². The maximum atomic E-state index is 13.1. The number of carbonyl (C=O) groups is 1. The number of fused-ring (bicyclic) bond motifs is 3. The van der Waals surface area contributed by atoms with E-state index in [0.29, 0.717) is 19.0 Å². The van der Waals surface area contributed by atoms with Crippen molar-refractivity contribution >= 4 is 22.2 Å². The molecule has 0 saturated carbocycles. The smallest absolute Gasteiger partial charge is 0.271 e. The summed E-state index contributed by atoms with van der Waals surface area (Å²) in [6.07, 6.45) is 8.69. The average Bonchev–Trinajstić information content (AvgIpc) is 3.14. The maximum Gasteiger partial charge on any atom is 0.271 e. The number of aromatic nitrogens is 2. The second kappa shape index (κ2) is 7.75. The van der Waals surface area contributed by atoms with Crippen LogP contribution in [0.15, 0.2) is 41.3 Å². The number of hydrogen-bond donors (Lipinski definition) is 0. The van der Waals surface area contributed by atoms with Gasteiger partial charge >= 0.3 is 0 Å². The molecule has 1 saturated heterocycles. The number of rotatable bonds is 3. The van der Waals surface area contributed by atoms with E-state index in [1.54, 1.807) is 15.7 Å². The van der Waals surface area contributed by atoms with Gasteiger partial charge in [0.1, 0.15) is 5.56 Å². The summed E-state index contributed by atoms with van der Waals surface area (Å²) >= 11 is 1.60. The molecule has 0 spiro atoms. The SMILES string of the molecule is O=C(c1cnc2sc3c(n2c1=O)CCCC3)N1CCC(Cc2ccccc2)CC1. The highest BCUT2D eigenvalue weighted by Crippen LogP contribution is 2.28. The molecule has 6 heteroatoms. The predicted molar refractivity (Wildman–Crippen MR) is 115 cm³/mol. The molecular formula is C23H25N3O2S. The van der Waals surface area contributed by atoms with Crippen LogP contribution in [0.3, 0.4) is 0 Å². The van der Waals surface area contributed by atoms with Crippen LogP contribution in [0.5, 0.6) is 0 Å². The van der Waals surface area contributed by atoms with Crippen molar-refractivity contribution in [2.24, 2.45) is 5.92 Å². The van der Waals surface area contributed by atoms with Crippen LogP contribution in [0.25, 0.3) is 4.96 Å². The first-order chi connectivity index (χ1) is 14.2. The number of benzene rings is 1. The van der Waals surface area contributed by atoms with E-state index in [1.807, 2.05) is 11.0 Å². The van der Waals surface area contributed by atoms with Gasteiger partial charge in [0.15, 0.2) is 4.96 Å². The summed E-state index contributed by atoms with van der Waals surface area (Å²) in [5, 5.41) is 0. The molecule has 1 aromatic carbocycles. The van der Waals surface area contributed by atoms with E-state index in [9.17, 15) is 9.59 Å². The van der Waals surface area contributed by atoms with Crippen molar-refractivity contribution in [1.29, 1.82) is 0 Å². The van der Waals surface area contributed by atoms with Crippen LogP contribution in [0.2, 0.25) is 0 Å². The summed E-state index contributed by atoms with van der Waals surface area (Å²) in [6, 6.07) is 10.5. The summed E-state index contributed by atoms with van der Waals surface area (Å²) in [4.78, 5) is 34.5. The largest absolute Gasteiger partial charge is 0.338 e. The van der Waals surface area contributed by atoms with Gasteiger partial charge in [-0.2, -0.15) is 0 Å². The quantitative estimate of drug-likeness (QED) is 0.665. The first-order valence-corrected chi connectivity index (χ1v) is 11.4. The van der Waals surface area contributed by atoms with Crippen molar-refractivity contribution in [3.63, 3.8) is 0 Å². The summed E-state index contributed by atoms with van der Waals surface area (Å²) in [5.74, 6) is 0.429. The minimum Gasteiger partial charge on any atom is -0.338 e. The van der Waals surface area contributed by atoms with Gasteiger partial charge in [-0.3, -0.25) is 14.0 Å². The fraction of sp³-hybridized carbons (Fsp3) is 0.435. The molecule has 3 heterocycles. The molecule has 0 unspecified atom stereocenters. The number of piperidine rings is 1. The Labute approximate surface area is 174 Å². The molecule has 150 valence electrons. The molecule has 0 radical (unpaired) electrons. The molecule has 5 rings (SSSR count). The second-order valence-corrected chi connectivity index (χ2v) is 9.26. The van der Waals surface area contributed by atoms with Gasteiger partial charge in [-0.25, -0.2) is 4.98 Å². The minimum atomic E-state index is -0.189. The zero-order chi connectivity index (χ0) is 19.8. The molecule has 29 heavy (non-hydrogen) atoms. The standard InChI is InChI=1S/C23H25N3O2S/c27-21(25-12-10-17(11-13-25)14-16-6-2-1-3-7-16)18-15-24-23-26(22(18)28)19-8-4-5-9-20(19)29-23/h1-3,6-7,15,17H,4-5,8-14H2. The lowest BCUT2D eigenvalue weighted by molar-refractivity contribution is 0.0688. The minimum absolute atomic E-state index is 0.161. The molecule has 2 aromatic heterocycles. The molecule has 3 aromatic rings. The van der Waals surface area contributed by atoms with Crippen LogP contribution in [0.4, 0.5) is 0 Å². The van der Waals surface area contributed by atoms with Gasteiger partial charge in [0.05, 0.1) is 0 Å². The Bertz CT molecular complexity index is 1090. The molecule has 1 aliphatic heterocycles. The topological polar surface area (TPSA) is 54.7 Å². The lowest BCUT2D eigenvalue weighted by Gasteiger charge is -2.32. The highest BCUT2D eigenvalue weighted by Gasteiger charge is 2.27. The molecule has 0 N–H and O–H groups in total. The zero-order valence-electron chi connectivity index (χ0n) is 16.5. The second-order valence-electron chi connectivity index (χ2n) is 8.20. The number of hydrogen-bond acceptors (Lipinski definition) is 4. The Morgan fingerprint density at radius 1 is 1.10 bits per heavy atom. The fourth-order valence-electron chi connectivity index (χ4n) is 4.67. The van der Waals surface area contributed by atoms with E-state index >= 15 is 0 Å². The third kappa shape index (κ3) is 3.50. The van der Waals surface area contributed by atoms with Crippen molar-refractivity contribution in [3.05, 3.63) is 68.6 Å². The van der Waals surface area contributed by atoms with Gasteiger partial charge < -0.3 is 4.90 Å². The lowest BCUT2D eigenvalue weighted by atomic mass is 9.90. The van der Waals surface area contributed by atoms with E-state index < -0.39 is 0 Å². The van der Waals surface area contributed by atoms with Gasteiger partial charge in [0, 0.05) is 29.9 Å². The Kier molecular flexibility index (Phi) is 4.96. The summed E-state index contributed by atoms with van der Waals surface area (Å²) < 4.78 is 1.70. The number of aryl methyl sites for hydroxylation is 2. The maximum absolute atomic E-state index is 13.1. The van der Waals surface area contributed by atoms with Crippen molar-refractivity contribution in [2.45, 2.75) is 44.9 Å². The average molecular weight is 408 g/mol. The molecule has 2 aliphatic rings.